The lowest BCUT2D eigenvalue weighted by Gasteiger charge is -2.18. The van der Waals surface area contributed by atoms with Gasteiger partial charge in [-0.15, -0.1) is 0 Å². The predicted molar refractivity (Wildman–Crippen MR) is 85.3 cm³/mol. The van der Waals surface area contributed by atoms with Gasteiger partial charge in [-0.1, -0.05) is 30.3 Å². The van der Waals surface area contributed by atoms with Gasteiger partial charge in [0.1, 0.15) is 6.61 Å². The first-order chi connectivity index (χ1) is 11.1. The maximum atomic E-state index is 11.8. The average molecular weight is 324 g/mol. The van der Waals surface area contributed by atoms with E-state index in [4.69, 9.17) is 14.6 Å². The molecule has 0 heterocycles. The molecule has 0 aliphatic heterocycles. The van der Waals surface area contributed by atoms with E-state index in [0.29, 0.717) is 32.6 Å². The predicted octanol–water partition coefficient (Wildman–Crippen LogP) is 2.37. The number of carbonyl (C=O) groups excluding carboxylic acids is 1. The van der Waals surface area contributed by atoms with Crippen LogP contribution in [0.2, 0.25) is 0 Å². The lowest BCUT2D eigenvalue weighted by atomic mass is 10.1. The first-order valence-corrected chi connectivity index (χ1v) is 7.63. The minimum absolute atomic E-state index is 0.203. The summed E-state index contributed by atoms with van der Waals surface area (Å²) in [5.41, 5.74) is 0.912. The standard InChI is InChI=1S/C16H24N2O5/c1-2-22-12-14(9-6-10-17-15(19)20)18-16(21)23-11-13-7-4-3-5-8-13/h3-5,7-8,14,17H,2,6,9-12H2,1H3,(H,18,21)(H,19,20). The highest BCUT2D eigenvalue weighted by atomic mass is 16.5. The number of rotatable bonds is 10. The zero-order valence-electron chi connectivity index (χ0n) is 13.3. The first-order valence-electron chi connectivity index (χ1n) is 7.63. The third-order valence-corrected chi connectivity index (χ3v) is 3.06. The Morgan fingerprint density at radius 2 is 2.00 bits per heavy atom. The molecule has 0 fully saturated rings. The largest absolute Gasteiger partial charge is 0.465 e. The van der Waals surface area contributed by atoms with Crippen molar-refractivity contribution >= 4 is 12.2 Å². The van der Waals surface area contributed by atoms with E-state index in [1.54, 1.807) is 0 Å². The van der Waals surface area contributed by atoms with E-state index in [1.807, 2.05) is 37.3 Å². The number of benzene rings is 1. The molecule has 0 spiro atoms. The Hall–Kier alpha value is -2.28. The van der Waals surface area contributed by atoms with Crippen molar-refractivity contribution < 1.29 is 24.2 Å². The van der Waals surface area contributed by atoms with Crippen LogP contribution >= 0.6 is 0 Å². The number of alkyl carbamates (subject to hydrolysis) is 1. The van der Waals surface area contributed by atoms with Crippen LogP contribution in [0.1, 0.15) is 25.3 Å². The van der Waals surface area contributed by atoms with Crippen LogP contribution < -0.4 is 10.6 Å². The fraction of sp³-hybridized carbons (Fsp3) is 0.500. The van der Waals surface area contributed by atoms with Gasteiger partial charge in [-0.3, -0.25) is 0 Å². The summed E-state index contributed by atoms with van der Waals surface area (Å²) in [6.45, 7) is 3.32. The van der Waals surface area contributed by atoms with Gasteiger partial charge in [0.2, 0.25) is 0 Å². The zero-order valence-corrected chi connectivity index (χ0v) is 13.3. The fourth-order valence-corrected chi connectivity index (χ4v) is 1.93. The monoisotopic (exact) mass is 324 g/mol. The minimum atomic E-state index is -1.05. The van der Waals surface area contributed by atoms with Crippen LogP contribution in [0.15, 0.2) is 30.3 Å². The molecule has 1 unspecified atom stereocenters. The molecule has 7 heteroatoms. The second-order valence-electron chi connectivity index (χ2n) is 4.94. The molecule has 0 bridgehead atoms. The number of carbonyl (C=O) groups is 2. The Kier molecular flexibility index (Phi) is 9.23. The van der Waals surface area contributed by atoms with Crippen LogP contribution in [0.25, 0.3) is 0 Å². The zero-order chi connectivity index (χ0) is 16.9. The van der Waals surface area contributed by atoms with E-state index in [9.17, 15) is 9.59 Å². The first kappa shape index (κ1) is 18.8. The molecular formula is C16H24N2O5. The summed E-state index contributed by atoms with van der Waals surface area (Å²) in [6.07, 6.45) is -0.365. The topological polar surface area (TPSA) is 96.9 Å². The average Bonchev–Trinajstić information content (AvgIpc) is 2.55. The van der Waals surface area contributed by atoms with Crippen molar-refractivity contribution in [2.24, 2.45) is 0 Å². The quantitative estimate of drug-likeness (QED) is 0.574. The smallest absolute Gasteiger partial charge is 0.407 e. The van der Waals surface area contributed by atoms with Gasteiger partial charge in [-0.2, -0.15) is 0 Å². The van der Waals surface area contributed by atoms with Gasteiger partial charge in [0, 0.05) is 13.2 Å². The van der Waals surface area contributed by atoms with Crippen molar-refractivity contribution in [3.8, 4) is 0 Å². The summed E-state index contributed by atoms with van der Waals surface area (Å²) in [6, 6.07) is 9.19. The molecule has 0 aliphatic rings. The molecular weight excluding hydrogens is 300 g/mol. The molecule has 0 aromatic heterocycles. The summed E-state index contributed by atoms with van der Waals surface area (Å²) in [7, 11) is 0. The van der Waals surface area contributed by atoms with E-state index in [0.717, 1.165) is 5.56 Å². The van der Waals surface area contributed by atoms with Gasteiger partial charge in [0.25, 0.3) is 0 Å². The van der Waals surface area contributed by atoms with Gasteiger partial charge in [-0.25, -0.2) is 9.59 Å². The number of hydrogen-bond donors (Lipinski definition) is 3. The SMILES string of the molecule is CCOCC(CCCNC(=O)O)NC(=O)OCc1ccccc1. The highest BCUT2D eigenvalue weighted by molar-refractivity contribution is 5.67. The Balaban J connectivity index is 2.32. The van der Waals surface area contributed by atoms with Crippen LogP contribution in [0.5, 0.6) is 0 Å². The second-order valence-corrected chi connectivity index (χ2v) is 4.94. The van der Waals surface area contributed by atoms with Crippen molar-refractivity contribution in [3.05, 3.63) is 35.9 Å². The summed E-state index contributed by atoms with van der Waals surface area (Å²) >= 11 is 0. The molecule has 3 N–H and O–H groups in total. The van der Waals surface area contributed by atoms with E-state index in [2.05, 4.69) is 10.6 Å². The third kappa shape index (κ3) is 9.36. The van der Waals surface area contributed by atoms with Gasteiger partial charge >= 0.3 is 12.2 Å². The normalized spacial score (nSPS) is 11.5. The second kappa shape index (κ2) is 11.3. The summed E-state index contributed by atoms with van der Waals surface area (Å²) in [5.74, 6) is 0. The van der Waals surface area contributed by atoms with Crippen LogP contribution in [-0.2, 0) is 16.1 Å². The van der Waals surface area contributed by atoms with E-state index in [-0.39, 0.29) is 12.6 Å². The number of amides is 2. The van der Waals surface area contributed by atoms with Gasteiger partial charge in [0.15, 0.2) is 0 Å². The molecule has 7 nitrogen and oxygen atoms in total. The minimum Gasteiger partial charge on any atom is -0.465 e. The Bertz CT molecular complexity index is 467. The Labute approximate surface area is 136 Å². The van der Waals surface area contributed by atoms with Crippen molar-refractivity contribution in [2.75, 3.05) is 19.8 Å². The summed E-state index contributed by atoms with van der Waals surface area (Å²) < 4.78 is 10.5. The molecule has 0 aliphatic carbocycles. The highest BCUT2D eigenvalue weighted by Gasteiger charge is 2.13. The molecule has 1 atom stereocenters. The number of nitrogens with one attached hydrogen (secondary N) is 2. The van der Waals surface area contributed by atoms with Gasteiger partial charge in [0.05, 0.1) is 12.6 Å². The van der Waals surface area contributed by atoms with Crippen molar-refractivity contribution in [1.82, 2.24) is 10.6 Å². The summed E-state index contributed by atoms with van der Waals surface area (Å²) in [4.78, 5) is 22.2. The van der Waals surface area contributed by atoms with E-state index in [1.165, 1.54) is 0 Å². The van der Waals surface area contributed by atoms with Crippen molar-refractivity contribution in [3.63, 3.8) is 0 Å². The lowest BCUT2D eigenvalue weighted by molar-refractivity contribution is 0.102. The Morgan fingerprint density at radius 3 is 2.65 bits per heavy atom. The molecule has 1 aromatic rings. The van der Waals surface area contributed by atoms with Gasteiger partial charge < -0.3 is 25.2 Å². The molecule has 2 amide bonds. The number of ether oxygens (including phenoxy) is 2. The van der Waals surface area contributed by atoms with Crippen LogP contribution in [0, 0.1) is 0 Å². The Morgan fingerprint density at radius 1 is 1.26 bits per heavy atom. The van der Waals surface area contributed by atoms with E-state index >= 15 is 0 Å². The maximum absolute atomic E-state index is 11.8. The number of hydrogen-bond acceptors (Lipinski definition) is 4. The lowest BCUT2D eigenvalue weighted by Crippen LogP contribution is -2.39. The van der Waals surface area contributed by atoms with E-state index < -0.39 is 12.2 Å². The van der Waals surface area contributed by atoms with Crippen molar-refractivity contribution in [2.45, 2.75) is 32.4 Å². The molecule has 128 valence electrons. The number of carboxylic acid groups (broad SMARTS) is 1. The highest BCUT2D eigenvalue weighted by Crippen LogP contribution is 2.03. The van der Waals surface area contributed by atoms with Crippen LogP contribution in [0.3, 0.4) is 0 Å². The molecule has 1 rings (SSSR count). The molecule has 1 aromatic carbocycles. The fourth-order valence-electron chi connectivity index (χ4n) is 1.93. The third-order valence-electron chi connectivity index (χ3n) is 3.06. The van der Waals surface area contributed by atoms with Crippen LogP contribution in [0.4, 0.5) is 9.59 Å². The molecule has 0 radical (unpaired) electrons. The van der Waals surface area contributed by atoms with Crippen LogP contribution in [-0.4, -0.2) is 43.1 Å². The maximum Gasteiger partial charge on any atom is 0.407 e. The van der Waals surface area contributed by atoms with Gasteiger partial charge in [-0.05, 0) is 25.3 Å². The molecule has 0 saturated heterocycles. The summed E-state index contributed by atoms with van der Waals surface area (Å²) in [5, 5.41) is 13.6. The molecule has 23 heavy (non-hydrogen) atoms. The van der Waals surface area contributed by atoms with Crippen molar-refractivity contribution in [1.29, 1.82) is 0 Å². The molecule has 0 saturated carbocycles.